The maximum Gasteiger partial charge on any atom is 0.321 e. The van der Waals surface area contributed by atoms with Crippen molar-refractivity contribution < 1.29 is 22.7 Å². The van der Waals surface area contributed by atoms with E-state index in [1.807, 2.05) is 36.4 Å². The van der Waals surface area contributed by atoms with Crippen LogP contribution in [-0.2, 0) is 24.3 Å². The monoisotopic (exact) mass is 443 g/mol. The Hall–Kier alpha value is -3.17. The number of esters is 1. The van der Waals surface area contributed by atoms with E-state index in [0.29, 0.717) is 31.7 Å². The van der Waals surface area contributed by atoms with Gasteiger partial charge in [-0.15, -0.1) is 0 Å². The molecule has 1 amide bonds. The van der Waals surface area contributed by atoms with Crippen molar-refractivity contribution in [3.05, 3.63) is 71.6 Å². The maximum absolute atomic E-state index is 12.3. The molecule has 0 saturated carbocycles. The van der Waals surface area contributed by atoms with Crippen molar-refractivity contribution >= 4 is 33.7 Å². The molecule has 8 nitrogen and oxygen atoms in total. The fourth-order valence-corrected chi connectivity index (χ4v) is 3.83. The summed E-state index contributed by atoms with van der Waals surface area (Å²) in [4.78, 5) is 27.9. The minimum Gasteiger partial charge on any atom is -0.455 e. The van der Waals surface area contributed by atoms with Crippen molar-refractivity contribution in [1.29, 1.82) is 0 Å². The molecule has 164 valence electrons. The predicted octanol–water partition coefficient (Wildman–Crippen LogP) is 1.47. The minimum absolute atomic E-state index is 0.298. The minimum atomic E-state index is -3.80. The van der Waals surface area contributed by atoms with Gasteiger partial charge < -0.3 is 14.5 Å². The lowest BCUT2D eigenvalue weighted by atomic mass is 10.2. The molecule has 1 aliphatic heterocycles. The number of hydrogen-bond donors (Lipinski definition) is 1. The molecular weight excluding hydrogens is 418 g/mol. The van der Waals surface area contributed by atoms with E-state index in [1.54, 1.807) is 29.2 Å². The number of rotatable bonds is 8. The summed E-state index contributed by atoms with van der Waals surface area (Å²) >= 11 is 0. The second-order valence-corrected chi connectivity index (χ2v) is 8.59. The van der Waals surface area contributed by atoms with Crippen LogP contribution < -0.4 is 9.62 Å². The number of ether oxygens (including phenoxy) is 1. The summed E-state index contributed by atoms with van der Waals surface area (Å²) in [6.07, 6.45) is 1.42. The molecule has 1 N–H and O–H groups in total. The standard InChI is InChI=1S/C22H25N3O5S/c26-21(25-14-12-24(13-15-25)20-9-5-2-6-10-20)18-30-22(27)17-23-31(28,29)16-11-19-7-3-1-4-8-19/h1-11,16,23H,12-15,17-18H2. The lowest BCUT2D eigenvalue weighted by molar-refractivity contribution is -0.151. The van der Waals surface area contributed by atoms with Gasteiger partial charge in [-0.1, -0.05) is 48.5 Å². The fourth-order valence-electron chi connectivity index (χ4n) is 3.08. The lowest BCUT2D eigenvalue weighted by Gasteiger charge is -2.36. The normalized spacial score (nSPS) is 14.6. The summed E-state index contributed by atoms with van der Waals surface area (Å²) in [7, 11) is -3.80. The fraction of sp³-hybridized carbons (Fsp3) is 0.273. The highest BCUT2D eigenvalue weighted by Crippen LogP contribution is 2.15. The Morgan fingerprint density at radius 1 is 0.935 bits per heavy atom. The van der Waals surface area contributed by atoms with Crippen LogP contribution in [0.3, 0.4) is 0 Å². The number of amides is 1. The summed E-state index contributed by atoms with van der Waals surface area (Å²) in [6.45, 7) is 1.49. The summed E-state index contributed by atoms with van der Waals surface area (Å²) in [6, 6.07) is 18.9. The van der Waals surface area contributed by atoms with Gasteiger partial charge in [0.15, 0.2) is 6.61 Å². The summed E-state index contributed by atoms with van der Waals surface area (Å²) < 4.78 is 31.0. The molecule has 1 heterocycles. The van der Waals surface area contributed by atoms with Crippen LogP contribution in [0.15, 0.2) is 66.1 Å². The average molecular weight is 444 g/mol. The van der Waals surface area contributed by atoms with Crippen molar-refractivity contribution in [2.45, 2.75) is 0 Å². The number of carbonyl (C=O) groups excluding carboxylic acids is 2. The summed E-state index contributed by atoms with van der Waals surface area (Å²) in [5.41, 5.74) is 1.82. The average Bonchev–Trinajstić information content (AvgIpc) is 2.81. The van der Waals surface area contributed by atoms with Crippen LogP contribution in [-0.4, -0.2) is 64.5 Å². The Kier molecular flexibility index (Phi) is 7.80. The van der Waals surface area contributed by atoms with E-state index in [0.717, 1.165) is 11.1 Å². The number of para-hydroxylation sites is 1. The number of piperazine rings is 1. The van der Waals surface area contributed by atoms with Crippen LogP contribution in [0, 0.1) is 0 Å². The summed E-state index contributed by atoms with van der Waals surface area (Å²) in [5.74, 6) is -1.11. The molecule has 1 fully saturated rings. The number of nitrogens with zero attached hydrogens (tertiary/aromatic N) is 2. The molecule has 2 aromatic rings. The first-order valence-corrected chi connectivity index (χ1v) is 11.4. The van der Waals surface area contributed by atoms with Gasteiger partial charge in [-0.3, -0.25) is 9.59 Å². The van der Waals surface area contributed by atoms with Crippen molar-refractivity contribution in [2.75, 3.05) is 44.2 Å². The molecule has 0 aliphatic carbocycles. The van der Waals surface area contributed by atoms with Gasteiger partial charge in [0, 0.05) is 37.3 Å². The SMILES string of the molecule is O=C(CNS(=O)(=O)C=Cc1ccccc1)OCC(=O)N1CCN(c2ccccc2)CC1. The number of carbonyl (C=O) groups is 2. The largest absolute Gasteiger partial charge is 0.455 e. The van der Waals surface area contributed by atoms with E-state index in [-0.39, 0.29) is 5.91 Å². The van der Waals surface area contributed by atoms with Crippen LogP contribution in [0.25, 0.3) is 6.08 Å². The number of nitrogens with one attached hydrogen (secondary N) is 1. The smallest absolute Gasteiger partial charge is 0.321 e. The van der Waals surface area contributed by atoms with Gasteiger partial charge in [0.05, 0.1) is 0 Å². The molecule has 31 heavy (non-hydrogen) atoms. The van der Waals surface area contributed by atoms with Gasteiger partial charge in [-0.25, -0.2) is 13.1 Å². The van der Waals surface area contributed by atoms with Crippen LogP contribution in [0.5, 0.6) is 0 Å². The number of hydrogen-bond acceptors (Lipinski definition) is 6. The van der Waals surface area contributed by atoms with Gasteiger partial charge in [0.1, 0.15) is 6.54 Å². The van der Waals surface area contributed by atoms with Crippen molar-refractivity contribution in [2.24, 2.45) is 0 Å². The van der Waals surface area contributed by atoms with Gasteiger partial charge in [0.25, 0.3) is 5.91 Å². The molecule has 0 atom stereocenters. The Morgan fingerprint density at radius 2 is 1.55 bits per heavy atom. The van der Waals surface area contributed by atoms with Gasteiger partial charge in [-0.2, -0.15) is 0 Å². The Labute approximate surface area is 182 Å². The highest BCUT2D eigenvalue weighted by atomic mass is 32.2. The number of anilines is 1. The first-order valence-electron chi connectivity index (χ1n) is 9.89. The number of benzene rings is 2. The number of sulfonamides is 1. The van der Waals surface area contributed by atoms with E-state index >= 15 is 0 Å². The highest BCUT2D eigenvalue weighted by molar-refractivity contribution is 7.92. The molecule has 0 bridgehead atoms. The molecule has 2 aromatic carbocycles. The zero-order chi connectivity index (χ0) is 22.1. The van der Waals surface area contributed by atoms with E-state index in [9.17, 15) is 18.0 Å². The van der Waals surface area contributed by atoms with Crippen LogP contribution >= 0.6 is 0 Å². The van der Waals surface area contributed by atoms with Crippen LogP contribution in [0.2, 0.25) is 0 Å². The molecule has 0 radical (unpaired) electrons. The van der Waals surface area contributed by atoms with Gasteiger partial charge in [-0.05, 0) is 23.8 Å². The van der Waals surface area contributed by atoms with Gasteiger partial charge >= 0.3 is 5.97 Å². The van der Waals surface area contributed by atoms with Crippen molar-refractivity contribution in [3.63, 3.8) is 0 Å². The van der Waals surface area contributed by atoms with E-state index in [1.165, 1.54) is 6.08 Å². The molecule has 0 unspecified atom stereocenters. The molecule has 0 spiro atoms. The molecule has 0 aromatic heterocycles. The molecule has 9 heteroatoms. The second-order valence-electron chi connectivity index (χ2n) is 6.94. The van der Waals surface area contributed by atoms with E-state index in [2.05, 4.69) is 9.62 Å². The Balaban J connectivity index is 1.37. The zero-order valence-electron chi connectivity index (χ0n) is 17.0. The second kappa shape index (κ2) is 10.7. The lowest BCUT2D eigenvalue weighted by Crippen LogP contribution is -2.50. The predicted molar refractivity (Wildman–Crippen MR) is 119 cm³/mol. The quantitative estimate of drug-likeness (QED) is 0.621. The molecule has 3 rings (SSSR count). The molecule has 1 saturated heterocycles. The van der Waals surface area contributed by atoms with Crippen LogP contribution in [0.1, 0.15) is 5.56 Å². The summed E-state index contributed by atoms with van der Waals surface area (Å²) in [5, 5.41) is 0.979. The first kappa shape index (κ1) is 22.5. The third-order valence-electron chi connectivity index (χ3n) is 4.77. The maximum atomic E-state index is 12.3. The van der Waals surface area contributed by atoms with E-state index in [4.69, 9.17) is 4.74 Å². The topological polar surface area (TPSA) is 96.0 Å². The highest BCUT2D eigenvalue weighted by Gasteiger charge is 2.22. The Morgan fingerprint density at radius 3 is 2.19 bits per heavy atom. The Bertz CT molecular complexity index is 1000. The first-order chi connectivity index (χ1) is 14.9. The van der Waals surface area contributed by atoms with Gasteiger partial charge in [0.2, 0.25) is 10.0 Å². The third-order valence-corrected chi connectivity index (χ3v) is 5.81. The zero-order valence-corrected chi connectivity index (χ0v) is 17.8. The van der Waals surface area contributed by atoms with Crippen molar-refractivity contribution in [3.8, 4) is 0 Å². The molecule has 1 aliphatic rings. The van der Waals surface area contributed by atoms with Crippen LogP contribution in [0.4, 0.5) is 5.69 Å². The van der Waals surface area contributed by atoms with E-state index < -0.39 is 29.1 Å². The molecular formula is C22H25N3O5S. The third kappa shape index (κ3) is 7.23. The van der Waals surface area contributed by atoms with Crippen molar-refractivity contribution in [1.82, 2.24) is 9.62 Å².